The molecule has 0 radical (unpaired) electrons. The third kappa shape index (κ3) is 8.39. The highest BCUT2D eigenvalue weighted by Gasteiger charge is 2.16. The number of alkyl halides is 1. The molecule has 1 saturated heterocycles. The highest BCUT2D eigenvalue weighted by molar-refractivity contribution is 5.99. The van der Waals surface area contributed by atoms with E-state index < -0.39 is 6.17 Å². The molecule has 3 N–H and O–H groups in total. The molecule has 0 bridgehead atoms. The molecule has 0 spiro atoms. The van der Waals surface area contributed by atoms with Gasteiger partial charge >= 0.3 is 0 Å². The zero-order chi connectivity index (χ0) is 27.3. The SMILES string of the molecule is C#CC(N=C/C(OC)=C(\C)Nc1cccc(NC(=O)C=C)c1)Nc1ccc(N2CCN(CCF)CC2)cc1. The zero-order valence-corrected chi connectivity index (χ0v) is 21.9. The van der Waals surface area contributed by atoms with Crippen LogP contribution in [0, 0.1) is 12.3 Å². The number of hydrogen-bond acceptors (Lipinski definition) is 7. The second-order valence-corrected chi connectivity index (χ2v) is 8.65. The number of rotatable bonds is 12. The monoisotopic (exact) mass is 518 g/mol. The van der Waals surface area contributed by atoms with Gasteiger partial charge < -0.3 is 25.6 Å². The average Bonchev–Trinajstić information content (AvgIpc) is 2.94. The Balaban J connectivity index is 1.60. The molecule has 1 unspecified atom stereocenters. The Bertz CT molecular complexity index is 1180. The zero-order valence-electron chi connectivity index (χ0n) is 21.9. The number of terminal acetylenes is 1. The molecule has 200 valence electrons. The molecular formula is C29H35FN6O2. The van der Waals surface area contributed by atoms with E-state index in [1.54, 1.807) is 25.5 Å². The van der Waals surface area contributed by atoms with Gasteiger partial charge in [-0.25, -0.2) is 4.39 Å². The van der Waals surface area contributed by atoms with E-state index in [2.05, 4.69) is 43.2 Å². The van der Waals surface area contributed by atoms with Crippen LogP contribution >= 0.6 is 0 Å². The van der Waals surface area contributed by atoms with E-state index in [4.69, 9.17) is 11.2 Å². The molecule has 1 aliphatic heterocycles. The first kappa shape index (κ1) is 28.3. The molecule has 1 heterocycles. The van der Waals surface area contributed by atoms with Crippen molar-refractivity contribution in [2.45, 2.75) is 13.1 Å². The number of piperazine rings is 1. The molecule has 1 amide bonds. The molecule has 0 aromatic heterocycles. The van der Waals surface area contributed by atoms with Crippen molar-refractivity contribution in [2.24, 2.45) is 4.99 Å². The number of nitrogens with zero attached hydrogens (tertiary/aromatic N) is 3. The van der Waals surface area contributed by atoms with Gasteiger partial charge in [0.15, 0.2) is 11.9 Å². The molecule has 2 aromatic rings. The summed E-state index contributed by atoms with van der Waals surface area (Å²) in [4.78, 5) is 20.5. The van der Waals surface area contributed by atoms with Crippen LogP contribution in [-0.4, -0.2) is 69.7 Å². The summed E-state index contributed by atoms with van der Waals surface area (Å²) in [6.07, 6.45) is 7.92. The van der Waals surface area contributed by atoms with Crippen molar-refractivity contribution in [3.8, 4) is 12.3 Å². The lowest BCUT2D eigenvalue weighted by Gasteiger charge is -2.35. The number of benzene rings is 2. The lowest BCUT2D eigenvalue weighted by atomic mass is 10.2. The number of amides is 1. The molecule has 1 fully saturated rings. The Kier molecular flexibility index (Phi) is 10.8. The number of allylic oxidation sites excluding steroid dienone is 2. The minimum atomic E-state index is -0.597. The number of halogens is 1. The quantitative estimate of drug-likeness (QED) is 0.168. The van der Waals surface area contributed by atoms with Gasteiger partial charge in [0, 0.05) is 55.5 Å². The summed E-state index contributed by atoms with van der Waals surface area (Å²) >= 11 is 0. The first-order valence-electron chi connectivity index (χ1n) is 12.4. The van der Waals surface area contributed by atoms with Gasteiger partial charge in [0.05, 0.1) is 19.0 Å². The molecule has 0 saturated carbocycles. The van der Waals surface area contributed by atoms with E-state index in [0.717, 1.165) is 48.9 Å². The van der Waals surface area contributed by atoms with Crippen molar-refractivity contribution in [3.63, 3.8) is 0 Å². The van der Waals surface area contributed by atoms with Crippen LogP contribution in [0.3, 0.4) is 0 Å². The number of ether oxygens (including phenoxy) is 1. The Hall–Kier alpha value is -4.29. The highest BCUT2D eigenvalue weighted by Crippen LogP contribution is 2.21. The summed E-state index contributed by atoms with van der Waals surface area (Å²) in [6, 6.07) is 15.3. The van der Waals surface area contributed by atoms with Crippen molar-refractivity contribution >= 4 is 34.9 Å². The molecule has 8 nitrogen and oxygen atoms in total. The summed E-state index contributed by atoms with van der Waals surface area (Å²) in [7, 11) is 1.56. The van der Waals surface area contributed by atoms with Gasteiger partial charge in [0.1, 0.15) is 6.67 Å². The van der Waals surface area contributed by atoms with E-state index in [9.17, 15) is 9.18 Å². The van der Waals surface area contributed by atoms with Gasteiger partial charge in [0.25, 0.3) is 0 Å². The number of methoxy groups -OCH3 is 1. The van der Waals surface area contributed by atoms with Crippen LogP contribution in [0.1, 0.15) is 6.92 Å². The number of aliphatic imine (C=N–C) groups is 1. The molecule has 2 aromatic carbocycles. The van der Waals surface area contributed by atoms with Crippen LogP contribution in [0.5, 0.6) is 0 Å². The minimum Gasteiger partial charge on any atom is -0.493 e. The van der Waals surface area contributed by atoms with Gasteiger partial charge in [-0.3, -0.25) is 14.7 Å². The van der Waals surface area contributed by atoms with E-state index in [1.807, 2.05) is 43.3 Å². The fourth-order valence-electron chi connectivity index (χ4n) is 3.99. The maximum atomic E-state index is 12.6. The predicted octanol–water partition coefficient (Wildman–Crippen LogP) is 4.33. The second kappa shape index (κ2) is 14.4. The topological polar surface area (TPSA) is 81.2 Å². The van der Waals surface area contributed by atoms with Gasteiger partial charge in [-0.1, -0.05) is 18.6 Å². The molecule has 0 aliphatic carbocycles. The van der Waals surface area contributed by atoms with Gasteiger partial charge in [0.2, 0.25) is 5.91 Å². The van der Waals surface area contributed by atoms with Crippen LogP contribution in [0.15, 0.2) is 77.6 Å². The summed E-state index contributed by atoms with van der Waals surface area (Å²) in [5, 5.41) is 9.21. The van der Waals surface area contributed by atoms with E-state index in [1.165, 1.54) is 6.08 Å². The third-order valence-corrected chi connectivity index (χ3v) is 6.04. The van der Waals surface area contributed by atoms with E-state index in [-0.39, 0.29) is 12.6 Å². The Labute approximate surface area is 224 Å². The largest absolute Gasteiger partial charge is 0.493 e. The van der Waals surface area contributed by atoms with Crippen LogP contribution in [0.2, 0.25) is 0 Å². The van der Waals surface area contributed by atoms with Crippen molar-refractivity contribution in [2.75, 3.05) is 67.4 Å². The summed E-state index contributed by atoms with van der Waals surface area (Å²) in [6.45, 7) is 8.98. The summed E-state index contributed by atoms with van der Waals surface area (Å²) < 4.78 is 18.1. The predicted molar refractivity (Wildman–Crippen MR) is 154 cm³/mol. The minimum absolute atomic E-state index is 0.283. The van der Waals surface area contributed by atoms with E-state index >= 15 is 0 Å². The fraction of sp³-hybridized carbons (Fsp3) is 0.310. The number of hydrogen-bond donors (Lipinski definition) is 3. The summed E-state index contributed by atoms with van der Waals surface area (Å²) in [5.41, 5.74) is 4.09. The van der Waals surface area contributed by atoms with Crippen molar-refractivity contribution in [1.82, 2.24) is 4.90 Å². The lowest BCUT2D eigenvalue weighted by Crippen LogP contribution is -2.47. The number of nitrogens with one attached hydrogen (secondary N) is 3. The molecule has 38 heavy (non-hydrogen) atoms. The standard InChI is InChI=1S/C29H35FN6O2/c1-5-28(33-23-10-12-26(13-11-23)36-18-16-35(15-14-30)17-19-36)31-21-27(38-4)22(3)32-24-8-7-9-25(20-24)34-29(37)6-2/h1,6-13,20-21,28,32-33H,2,14-19H2,3-4H3,(H,34,37)/b27-22-,31-21?. The number of carbonyl (C=O) groups excluding carboxylic acids is 1. The van der Waals surface area contributed by atoms with Crippen molar-refractivity contribution in [3.05, 3.63) is 72.6 Å². The van der Waals surface area contributed by atoms with Gasteiger partial charge in [-0.2, -0.15) is 0 Å². The molecule has 3 rings (SSSR count). The maximum absolute atomic E-state index is 12.6. The third-order valence-electron chi connectivity index (χ3n) is 6.04. The van der Waals surface area contributed by atoms with Crippen LogP contribution in [0.4, 0.5) is 27.1 Å². The summed E-state index contributed by atoms with van der Waals surface area (Å²) in [5.74, 6) is 2.87. The van der Waals surface area contributed by atoms with Gasteiger partial charge in [-0.05, 0) is 55.5 Å². The number of carbonyl (C=O) groups is 1. The van der Waals surface area contributed by atoms with Crippen LogP contribution in [-0.2, 0) is 9.53 Å². The maximum Gasteiger partial charge on any atom is 0.247 e. The normalized spacial score (nSPS) is 15.3. The molecule has 1 aliphatic rings. The smallest absolute Gasteiger partial charge is 0.247 e. The first-order chi connectivity index (χ1) is 18.4. The van der Waals surface area contributed by atoms with Gasteiger partial charge in [-0.15, -0.1) is 6.42 Å². The Morgan fingerprint density at radius 2 is 1.84 bits per heavy atom. The molecular weight excluding hydrogens is 483 g/mol. The first-order valence-corrected chi connectivity index (χ1v) is 12.4. The number of anilines is 4. The average molecular weight is 519 g/mol. The fourth-order valence-corrected chi connectivity index (χ4v) is 3.99. The van der Waals surface area contributed by atoms with Crippen molar-refractivity contribution in [1.29, 1.82) is 0 Å². The Morgan fingerprint density at radius 3 is 2.45 bits per heavy atom. The van der Waals surface area contributed by atoms with Crippen molar-refractivity contribution < 1.29 is 13.9 Å². The van der Waals surface area contributed by atoms with E-state index in [0.29, 0.717) is 18.0 Å². The highest BCUT2D eigenvalue weighted by atomic mass is 19.1. The second-order valence-electron chi connectivity index (χ2n) is 8.65. The molecule has 1 atom stereocenters. The van der Waals surface area contributed by atoms with Crippen LogP contribution < -0.4 is 20.9 Å². The molecule has 9 heteroatoms. The lowest BCUT2D eigenvalue weighted by molar-refractivity contribution is -0.111. The van der Waals surface area contributed by atoms with Crippen LogP contribution in [0.25, 0.3) is 0 Å². The Morgan fingerprint density at radius 1 is 1.16 bits per heavy atom.